The zero-order chi connectivity index (χ0) is 31.3. The van der Waals surface area contributed by atoms with Gasteiger partial charge in [0.1, 0.15) is 11.4 Å². The minimum atomic E-state index is -2.31. The van der Waals surface area contributed by atoms with Gasteiger partial charge in [-0.15, -0.1) is 0 Å². The molecule has 0 unspecified atom stereocenters. The van der Waals surface area contributed by atoms with E-state index in [-0.39, 0.29) is 5.69 Å². The molecule has 202 valence electrons. The number of hydrogen-bond acceptors (Lipinski definition) is 6. The van der Waals surface area contributed by atoms with E-state index in [1.807, 2.05) is 97.1 Å². The fourth-order valence-electron chi connectivity index (χ4n) is 5.45. The molecule has 0 spiro atoms. The molecule has 0 bridgehead atoms. The fourth-order valence-corrected chi connectivity index (χ4v) is 5.45. The zero-order valence-corrected chi connectivity index (χ0v) is 22.8. The highest BCUT2D eigenvalue weighted by molar-refractivity contribution is 6.03. The topological polar surface area (TPSA) is 77.3 Å². The maximum Gasteiger partial charge on any atom is 0.117 e. The Balaban J connectivity index is 1.28. The Bertz CT molecular complexity index is 2410. The van der Waals surface area contributed by atoms with Gasteiger partial charge >= 0.3 is 0 Å². The molecule has 0 amide bonds. The molecule has 5 aromatic heterocycles. The molecule has 0 N–H and O–H groups in total. The lowest BCUT2D eigenvalue weighted by atomic mass is 9.99. The predicted molar refractivity (Wildman–Crippen MR) is 172 cm³/mol. The smallest absolute Gasteiger partial charge is 0.117 e. The van der Waals surface area contributed by atoms with E-state index in [1.165, 1.54) is 0 Å². The third kappa shape index (κ3) is 4.46. The van der Waals surface area contributed by atoms with Crippen LogP contribution in [0.25, 0.3) is 78.0 Å². The molecule has 0 saturated carbocycles. The molecule has 0 aliphatic heterocycles. The Morgan fingerprint density at radius 3 is 1.91 bits per heavy atom. The van der Waals surface area contributed by atoms with Crippen molar-refractivity contribution in [2.45, 2.75) is 6.85 Å². The van der Waals surface area contributed by atoms with Crippen molar-refractivity contribution in [3.63, 3.8) is 0 Å². The summed E-state index contributed by atoms with van der Waals surface area (Å²) in [5.74, 6) is 0. The van der Waals surface area contributed by atoms with Gasteiger partial charge < -0.3 is 0 Å². The molecule has 0 fully saturated rings. The van der Waals surface area contributed by atoms with Crippen molar-refractivity contribution in [3.05, 3.63) is 133 Å². The summed E-state index contributed by atoms with van der Waals surface area (Å²) in [5.41, 5.74) is 9.06. The number of nitrogens with zero attached hydrogens (tertiary/aromatic N) is 6. The van der Waals surface area contributed by atoms with E-state index in [9.17, 15) is 0 Å². The molecule has 0 aliphatic rings. The monoisotopic (exact) mass is 555 g/mol. The number of pyridine rings is 4. The summed E-state index contributed by atoms with van der Waals surface area (Å²) in [6.07, 6.45) is 3.50. The summed E-state index contributed by atoms with van der Waals surface area (Å²) < 4.78 is 23.5. The van der Waals surface area contributed by atoms with Gasteiger partial charge in [-0.2, -0.15) is 0 Å². The number of fused-ring (bicyclic) bond motifs is 4. The number of rotatable bonds is 4. The summed E-state index contributed by atoms with van der Waals surface area (Å²) in [7, 11) is 0. The lowest BCUT2D eigenvalue weighted by Gasteiger charge is -2.13. The Labute approximate surface area is 252 Å². The van der Waals surface area contributed by atoms with E-state index in [1.54, 1.807) is 24.5 Å². The first-order valence-corrected chi connectivity index (χ1v) is 13.9. The number of hydrogen-bond donors (Lipinski definition) is 0. The van der Waals surface area contributed by atoms with Gasteiger partial charge in [0.2, 0.25) is 0 Å². The molecule has 43 heavy (non-hydrogen) atoms. The van der Waals surface area contributed by atoms with Gasteiger partial charge in [0.15, 0.2) is 0 Å². The van der Waals surface area contributed by atoms with Crippen LogP contribution in [0.4, 0.5) is 0 Å². The van der Waals surface area contributed by atoms with Gasteiger partial charge in [-0.05, 0) is 60.9 Å². The maximum atomic E-state index is 7.85. The lowest BCUT2D eigenvalue weighted by Crippen LogP contribution is -1.99. The van der Waals surface area contributed by atoms with Gasteiger partial charge in [0.05, 0.1) is 39.1 Å². The highest BCUT2D eigenvalue weighted by atomic mass is 14.9. The molecule has 6 heteroatoms. The SMILES string of the molecule is [2H]C([2H])([2H])c1ccc2ccc3ccc(-c4cccc(-c5cccc6nc(-c7ccccn7)c(-c7ccccn7)nc56)c4)nc3c2n1. The Morgan fingerprint density at radius 2 is 1.16 bits per heavy atom. The zero-order valence-electron chi connectivity index (χ0n) is 25.8. The van der Waals surface area contributed by atoms with Crippen molar-refractivity contribution < 1.29 is 4.11 Å². The first-order chi connectivity index (χ1) is 22.4. The average Bonchev–Trinajstić information content (AvgIpc) is 3.10. The van der Waals surface area contributed by atoms with Crippen LogP contribution in [0.1, 0.15) is 9.81 Å². The third-order valence-corrected chi connectivity index (χ3v) is 7.50. The summed E-state index contributed by atoms with van der Waals surface area (Å²) in [6.45, 7) is -2.31. The quantitative estimate of drug-likeness (QED) is 0.203. The van der Waals surface area contributed by atoms with Crippen LogP contribution in [0.3, 0.4) is 0 Å². The highest BCUT2D eigenvalue weighted by Crippen LogP contribution is 2.35. The van der Waals surface area contributed by atoms with Gasteiger partial charge in [-0.25, -0.2) is 15.0 Å². The summed E-state index contributed by atoms with van der Waals surface area (Å²) in [6, 6.07) is 36.8. The Hall–Kier alpha value is -5.88. The van der Waals surface area contributed by atoms with Crippen molar-refractivity contribution in [1.29, 1.82) is 0 Å². The number of aromatic nitrogens is 6. The van der Waals surface area contributed by atoms with Crippen LogP contribution in [0, 0.1) is 6.85 Å². The Kier molecular flexibility index (Phi) is 5.17. The molecular formula is C37H24N6. The normalized spacial score (nSPS) is 12.7. The van der Waals surface area contributed by atoms with Crippen LogP contribution < -0.4 is 0 Å². The van der Waals surface area contributed by atoms with Crippen molar-refractivity contribution in [2.24, 2.45) is 0 Å². The number of aryl methyl sites for hydroxylation is 1. The molecule has 0 aliphatic carbocycles. The van der Waals surface area contributed by atoms with Gasteiger partial charge in [0, 0.05) is 44.1 Å². The lowest BCUT2D eigenvalue weighted by molar-refractivity contribution is 1.21. The van der Waals surface area contributed by atoms with Gasteiger partial charge in [-0.1, -0.05) is 66.7 Å². The standard InChI is InChI=1S/C37H24N6/c1-23-14-15-24-16-17-25-18-19-29(41-34(25)33(24)40-23)27-9-6-8-26(22-27)28-10-7-13-32-35(28)43-37(31-12-3-5-21-39-31)36(42-32)30-11-2-4-20-38-30/h2-22H,1H3/i1D3. The van der Waals surface area contributed by atoms with E-state index in [4.69, 9.17) is 19.1 Å². The van der Waals surface area contributed by atoms with E-state index < -0.39 is 6.85 Å². The molecule has 8 aromatic rings. The third-order valence-electron chi connectivity index (χ3n) is 7.50. The van der Waals surface area contributed by atoms with E-state index in [2.05, 4.69) is 21.0 Å². The Morgan fingerprint density at radius 1 is 0.488 bits per heavy atom. The molecule has 5 heterocycles. The second-order valence-electron chi connectivity index (χ2n) is 10.2. The largest absolute Gasteiger partial charge is 0.255 e. The molecule has 0 saturated heterocycles. The van der Waals surface area contributed by atoms with Crippen molar-refractivity contribution >= 4 is 32.8 Å². The van der Waals surface area contributed by atoms with E-state index in [0.717, 1.165) is 49.9 Å². The van der Waals surface area contributed by atoms with Crippen molar-refractivity contribution in [1.82, 2.24) is 29.9 Å². The summed E-state index contributed by atoms with van der Waals surface area (Å²) in [5, 5.41) is 1.72. The fraction of sp³-hybridized carbons (Fsp3) is 0.0270. The summed E-state index contributed by atoms with van der Waals surface area (Å²) >= 11 is 0. The molecule has 3 aromatic carbocycles. The van der Waals surface area contributed by atoms with E-state index >= 15 is 0 Å². The molecule has 8 rings (SSSR count). The van der Waals surface area contributed by atoms with Gasteiger partial charge in [-0.3, -0.25) is 15.0 Å². The maximum absolute atomic E-state index is 7.85. The highest BCUT2D eigenvalue weighted by Gasteiger charge is 2.17. The minimum Gasteiger partial charge on any atom is -0.255 e. The van der Waals surface area contributed by atoms with Crippen LogP contribution in [0.15, 0.2) is 128 Å². The van der Waals surface area contributed by atoms with Crippen LogP contribution in [0.5, 0.6) is 0 Å². The minimum absolute atomic E-state index is 0.0510. The molecular weight excluding hydrogens is 528 g/mol. The number of benzene rings is 3. The van der Waals surface area contributed by atoms with Crippen molar-refractivity contribution in [2.75, 3.05) is 0 Å². The first-order valence-electron chi connectivity index (χ1n) is 15.4. The average molecular weight is 556 g/mol. The first kappa shape index (κ1) is 21.8. The predicted octanol–water partition coefficient (Wildman–Crippen LogP) is 8.49. The second kappa shape index (κ2) is 10.2. The van der Waals surface area contributed by atoms with Crippen LogP contribution in [-0.4, -0.2) is 29.9 Å². The molecule has 6 nitrogen and oxygen atoms in total. The summed E-state index contributed by atoms with van der Waals surface area (Å²) in [4.78, 5) is 28.9. The van der Waals surface area contributed by atoms with Crippen LogP contribution in [-0.2, 0) is 0 Å². The molecule has 0 radical (unpaired) electrons. The molecule has 0 atom stereocenters. The van der Waals surface area contributed by atoms with E-state index in [0.29, 0.717) is 28.1 Å². The van der Waals surface area contributed by atoms with Crippen molar-refractivity contribution in [3.8, 4) is 45.2 Å². The second-order valence-corrected chi connectivity index (χ2v) is 10.2. The van der Waals surface area contributed by atoms with Crippen LogP contribution >= 0.6 is 0 Å². The number of para-hydroxylation sites is 1. The van der Waals surface area contributed by atoms with Crippen LogP contribution in [0.2, 0.25) is 0 Å². The van der Waals surface area contributed by atoms with Gasteiger partial charge in [0.25, 0.3) is 0 Å².